The highest BCUT2D eigenvalue weighted by Crippen LogP contribution is 2.29. The summed E-state index contributed by atoms with van der Waals surface area (Å²) in [4.78, 5) is 22.3. The van der Waals surface area contributed by atoms with E-state index < -0.39 is 0 Å². The molecule has 2 heterocycles. The highest BCUT2D eigenvalue weighted by Gasteiger charge is 2.10. The van der Waals surface area contributed by atoms with Gasteiger partial charge >= 0.3 is 0 Å². The number of amides is 1. The Kier molecular flexibility index (Phi) is 6.61. The van der Waals surface area contributed by atoms with Crippen LogP contribution in [0.1, 0.15) is 10.4 Å². The molecule has 0 atom stereocenters. The Morgan fingerprint density at radius 3 is 2.69 bits per heavy atom. The predicted octanol–water partition coefficient (Wildman–Crippen LogP) is 6.24. The average molecular weight is 458 g/mol. The molecule has 0 unspecified atom stereocenters. The van der Waals surface area contributed by atoms with E-state index in [0.29, 0.717) is 15.9 Å². The quantitative estimate of drug-likeness (QED) is 0.333. The van der Waals surface area contributed by atoms with Gasteiger partial charge in [-0.2, -0.15) is 0 Å². The predicted molar refractivity (Wildman–Crippen MR) is 123 cm³/mol. The Morgan fingerprint density at radius 1 is 1.10 bits per heavy atom. The van der Waals surface area contributed by atoms with Gasteiger partial charge in [0.25, 0.3) is 0 Å². The number of aromatic nitrogens is 2. The van der Waals surface area contributed by atoms with Gasteiger partial charge in [0.2, 0.25) is 5.91 Å². The van der Waals surface area contributed by atoms with E-state index in [2.05, 4.69) is 27.4 Å². The number of nitrogens with zero attached hydrogens (tertiary/aromatic N) is 2. The monoisotopic (exact) mass is 457 g/mol. The molecule has 0 spiro atoms. The molecule has 0 radical (unpaired) electrons. The molecule has 146 valence electrons. The summed E-state index contributed by atoms with van der Waals surface area (Å²) in [5.41, 5.74) is 3.13. The molecule has 1 amide bonds. The summed E-state index contributed by atoms with van der Waals surface area (Å²) in [7, 11) is 0. The third-order valence-corrected chi connectivity index (χ3v) is 7.16. The van der Waals surface area contributed by atoms with Crippen LogP contribution in [0, 0.1) is 0 Å². The minimum absolute atomic E-state index is 0.0844. The van der Waals surface area contributed by atoms with Gasteiger partial charge in [0.1, 0.15) is 0 Å². The Labute approximate surface area is 186 Å². The van der Waals surface area contributed by atoms with Crippen LogP contribution in [0.15, 0.2) is 70.5 Å². The molecule has 0 bridgehead atoms. The third kappa shape index (κ3) is 5.67. The Balaban J connectivity index is 1.29. The van der Waals surface area contributed by atoms with Crippen molar-refractivity contribution in [2.75, 3.05) is 11.1 Å². The van der Waals surface area contributed by atoms with Crippen LogP contribution in [-0.2, 0) is 11.2 Å². The maximum atomic E-state index is 12.3. The molecule has 4 nitrogen and oxygen atoms in total. The number of nitrogens with one attached hydrogen (secondary N) is 1. The normalized spacial score (nSPS) is 10.8. The third-order valence-electron chi connectivity index (χ3n) is 3.97. The lowest BCUT2D eigenvalue weighted by molar-refractivity contribution is -0.113. The molecule has 4 rings (SSSR count). The number of carbonyl (C=O) groups is 1. The van der Waals surface area contributed by atoms with Crippen LogP contribution >= 0.6 is 46.0 Å². The van der Waals surface area contributed by atoms with Crippen LogP contribution in [0.25, 0.3) is 11.3 Å². The molecule has 29 heavy (non-hydrogen) atoms. The molecular weight excluding hydrogens is 442 g/mol. The molecule has 4 aromatic rings. The number of hydrogen-bond acceptors (Lipinski definition) is 6. The van der Waals surface area contributed by atoms with Gasteiger partial charge in [0.05, 0.1) is 11.4 Å². The average Bonchev–Trinajstić information content (AvgIpc) is 3.37. The first-order valence-electron chi connectivity index (χ1n) is 8.78. The molecule has 0 saturated carbocycles. The SMILES string of the molecule is O=C(CSc1nc(-c2ccc(Cl)cc2)cs1)Nc1ncc(Cc2ccccc2)s1. The Hall–Kier alpha value is -2.19. The van der Waals surface area contributed by atoms with Crippen molar-refractivity contribution in [3.8, 4) is 11.3 Å². The Morgan fingerprint density at radius 2 is 1.90 bits per heavy atom. The summed E-state index contributed by atoms with van der Waals surface area (Å²) in [5, 5.41) is 6.18. The highest BCUT2D eigenvalue weighted by molar-refractivity contribution is 8.01. The molecular formula is C21H16ClN3OS3. The second-order valence-electron chi connectivity index (χ2n) is 6.14. The lowest BCUT2D eigenvalue weighted by Gasteiger charge is -2.00. The van der Waals surface area contributed by atoms with Crippen LogP contribution in [0.4, 0.5) is 5.13 Å². The zero-order chi connectivity index (χ0) is 20.1. The zero-order valence-corrected chi connectivity index (χ0v) is 18.4. The number of halogens is 1. The summed E-state index contributed by atoms with van der Waals surface area (Å²) < 4.78 is 0.856. The lowest BCUT2D eigenvalue weighted by atomic mass is 10.1. The second kappa shape index (κ2) is 9.54. The van der Waals surface area contributed by atoms with E-state index in [9.17, 15) is 4.79 Å². The first-order valence-corrected chi connectivity index (χ1v) is 11.8. The first-order chi connectivity index (χ1) is 14.2. The fraction of sp³-hybridized carbons (Fsp3) is 0.0952. The van der Waals surface area contributed by atoms with Gasteiger partial charge in [-0.25, -0.2) is 9.97 Å². The van der Waals surface area contributed by atoms with E-state index in [-0.39, 0.29) is 5.91 Å². The molecule has 0 aliphatic carbocycles. The molecule has 0 saturated heterocycles. The zero-order valence-electron chi connectivity index (χ0n) is 15.2. The fourth-order valence-corrected chi connectivity index (χ4v) is 5.23. The summed E-state index contributed by atoms with van der Waals surface area (Å²) in [6, 6.07) is 17.8. The van der Waals surface area contributed by atoms with Crippen molar-refractivity contribution in [3.05, 3.63) is 81.6 Å². The minimum Gasteiger partial charge on any atom is -0.301 e. The van der Waals surface area contributed by atoms with Crippen molar-refractivity contribution >= 4 is 57.1 Å². The molecule has 0 fully saturated rings. The maximum absolute atomic E-state index is 12.3. The standard InChI is InChI=1S/C21H16ClN3OS3/c22-16-8-6-15(7-9-16)18-12-27-21(24-18)28-13-19(26)25-20-23-11-17(29-20)10-14-4-2-1-3-5-14/h1-9,11-12H,10,13H2,(H,23,25,26). The first kappa shape index (κ1) is 20.1. The fourth-order valence-electron chi connectivity index (χ4n) is 2.60. The summed E-state index contributed by atoms with van der Waals surface area (Å²) in [6.45, 7) is 0. The van der Waals surface area contributed by atoms with E-state index in [1.165, 1.54) is 40.0 Å². The van der Waals surface area contributed by atoms with Gasteiger partial charge in [0.15, 0.2) is 9.47 Å². The van der Waals surface area contributed by atoms with Crippen LogP contribution in [0.2, 0.25) is 5.02 Å². The van der Waals surface area contributed by atoms with E-state index in [1.807, 2.05) is 54.0 Å². The van der Waals surface area contributed by atoms with Crippen molar-refractivity contribution in [1.29, 1.82) is 0 Å². The van der Waals surface area contributed by atoms with Gasteiger partial charge in [-0.05, 0) is 17.7 Å². The number of thiazole rings is 2. The van der Waals surface area contributed by atoms with Crippen LogP contribution in [0.3, 0.4) is 0 Å². The van der Waals surface area contributed by atoms with Crippen molar-refractivity contribution < 1.29 is 4.79 Å². The van der Waals surface area contributed by atoms with E-state index in [0.717, 1.165) is 26.9 Å². The van der Waals surface area contributed by atoms with E-state index >= 15 is 0 Å². The van der Waals surface area contributed by atoms with Gasteiger partial charge in [-0.3, -0.25) is 4.79 Å². The van der Waals surface area contributed by atoms with Gasteiger partial charge in [-0.1, -0.05) is 65.8 Å². The number of benzene rings is 2. The van der Waals surface area contributed by atoms with Gasteiger partial charge < -0.3 is 5.32 Å². The number of thioether (sulfide) groups is 1. The maximum Gasteiger partial charge on any atom is 0.236 e. The van der Waals surface area contributed by atoms with Crippen molar-refractivity contribution in [3.63, 3.8) is 0 Å². The van der Waals surface area contributed by atoms with Crippen LogP contribution in [-0.4, -0.2) is 21.6 Å². The highest BCUT2D eigenvalue weighted by atomic mass is 35.5. The number of rotatable bonds is 7. The largest absolute Gasteiger partial charge is 0.301 e. The minimum atomic E-state index is -0.0844. The van der Waals surface area contributed by atoms with E-state index in [1.54, 1.807) is 0 Å². The molecule has 2 aromatic carbocycles. The van der Waals surface area contributed by atoms with Crippen molar-refractivity contribution in [1.82, 2.24) is 9.97 Å². The van der Waals surface area contributed by atoms with E-state index in [4.69, 9.17) is 11.6 Å². The van der Waals surface area contributed by atoms with Crippen molar-refractivity contribution in [2.45, 2.75) is 10.8 Å². The van der Waals surface area contributed by atoms with Crippen LogP contribution < -0.4 is 5.32 Å². The smallest absolute Gasteiger partial charge is 0.236 e. The topological polar surface area (TPSA) is 54.9 Å². The number of hydrogen-bond donors (Lipinski definition) is 1. The summed E-state index contributed by atoms with van der Waals surface area (Å²) >= 11 is 10.4. The summed E-state index contributed by atoms with van der Waals surface area (Å²) in [5.74, 6) is 0.208. The second-order valence-corrected chi connectivity index (χ2v) is 9.77. The lowest BCUT2D eigenvalue weighted by Crippen LogP contribution is -2.13. The van der Waals surface area contributed by atoms with Gasteiger partial charge in [0, 0.05) is 33.5 Å². The molecule has 1 N–H and O–H groups in total. The summed E-state index contributed by atoms with van der Waals surface area (Å²) in [6.07, 6.45) is 2.63. The molecule has 2 aromatic heterocycles. The molecule has 8 heteroatoms. The molecule has 0 aliphatic rings. The number of anilines is 1. The van der Waals surface area contributed by atoms with Crippen molar-refractivity contribution in [2.24, 2.45) is 0 Å². The van der Waals surface area contributed by atoms with Gasteiger partial charge in [-0.15, -0.1) is 22.7 Å². The Bertz CT molecular complexity index is 1090. The number of carbonyl (C=O) groups excluding carboxylic acids is 1. The molecule has 0 aliphatic heterocycles. The van der Waals surface area contributed by atoms with Crippen LogP contribution in [0.5, 0.6) is 0 Å².